The van der Waals surface area contributed by atoms with Gasteiger partial charge in [-0.25, -0.2) is 0 Å². The van der Waals surface area contributed by atoms with Crippen LogP contribution in [0.25, 0.3) is 0 Å². The molecule has 4 nitrogen and oxygen atoms in total. The van der Waals surface area contributed by atoms with Crippen molar-refractivity contribution < 1.29 is 4.79 Å². The summed E-state index contributed by atoms with van der Waals surface area (Å²) < 4.78 is 0. The molecule has 0 fully saturated rings. The van der Waals surface area contributed by atoms with Crippen LogP contribution in [0.4, 0.5) is 5.69 Å². The van der Waals surface area contributed by atoms with Crippen molar-refractivity contribution >= 4 is 11.5 Å². The Hall–Kier alpha value is -1.29. The first-order chi connectivity index (χ1) is 7.02. The van der Waals surface area contributed by atoms with E-state index in [0.29, 0.717) is 11.4 Å². The zero-order valence-corrected chi connectivity index (χ0v) is 9.34. The van der Waals surface area contributed by atoms with Crippen LogP contribution >= 0.6 is 0 Å². The highest BCUT2D eigenvalue weighted by Gasteiger charge is 2.10. The Bertz CT molecular complexity index is 342. The van der Waals surface area contributed by atoms with E-state index < -0.39 is 0 Å². The minimum absolute atomic E-state index is 0.0223. The van der Waals surface area contributed by atoms with Crippen LogP contribution in [0.1, 0.15) is 42.7 Å². The second-order valence-corrected chi connectivity index (χ2v) is 4.03. The molecule has 1 rings (SSSR count). The summed E-state index contributed by atoms with van der Waals surface area (Å²) in [5.74, 6) is -0.0223. The lowest BCUT2D eigenvalue weighted by atomic mass is 10.1. The van der Waals surface area contributed by atoms with Gasteiger partial charge in [0.25, 0.3) is 0 Å². The molecular formula is C11H19N3O. The highest BCUT2D eigenvalue weighted by Crippen LogP contribution is 2.19. The number of rotatable bonds is 5. The van der Waals surface area contributed by atoms with E-state index in [9.17, 15) is 4.79 Å². The Labute approximate surface area is 90.0 Å². The van der Waals surface area contributed by atoms with Crippen LogP contribution in [0.5, 0.6) is 0 Å². The van der Waals surface area contributed by atoms with Crippen molar-refractivity contribution in [3.8, 4) is 0 Å². The van der Waals surface area contributed by atoms with Crippen molar-refractivity contribution in [2.75, 3.05) is 5.73 Å². The molecule has 15 heavy (non-hydrogen) atoms. The second-order valence-electron chi connectivity index (χ2n) is 4.03. The van der Waals surface area contributed by atoms with E-state index in [-0.39, 0.29) is 11.8 Å². The zero-order valence-electron chi connectivity index (χ0n) is 9.34. The van der Waals surface area contributed by atoms with Crippen molar-refractivity contribution in [3.63, 3.8) is 0 Å². The fraction of sp³-hybridized carbons (Fsp3) is 0.545. The summed E-state index contributed by atoms with van der Waals surface area (Å²) in [5, 5.41) is 0. The van der Waals surface area contributed by atoms with Crippen LogP contribution in [0.15, 0.2) is 6.20 Å². The van der Waals surface area contributed by atoms with Gasteiger partial charge in [-0.15, -0.1) is 0 Å². The number of carbonyl (C=O) groups is 1. The molecule has 0 saturated carbocycles. The number of nitrogens with one attached hydrogen (secondary N) is 1. The third kappa shape index (κ3) is 3.09. The number of nitrogen functional groups attached to an aromatic ring is 1. The molecule has 1 atom stereocenters. The lowest BCUT2D eigenvalue weighted by molar-refractivity contribution is 0.101. The average molecular weight is 209 g/mol. The first-order valence-electron chi connectivity index (χ1n) is 5.24. The summed E-state index contributed by atoms with van der Waals surface area (Å²) in [6.45, 7) is 3.50. The molecule has 0 aromatic carbocycles. The smallest absolute Gasteiger partial charge is 0.178 e. The van der Waals surface area contributed by atoms with Crippen molar-refractivity contribution in [1.82, 2.24) is 4.98 Å². The minimum Gasteiger partial charge on any atom is -0.397 e. The van der Waals surface area contributed by atoms with E-state index in [0.717, 1.165) is 24.8 Å². The van der Waals surface area contributed by atoms with E-state index in [2.05, 4.69) is 4.98 Å². The summed E-state index contributed by atoms with van der Waals surface area (Å²) in [7, 11) is 0. The number of aromatic amines is 1. The molecule has 4 heteroatoms. The van der Waals surface area contributed by atoms with Crippen LogP contribution in [0, 0.1) is 0 Å². The molecule has 0 saturated heterocycles. The molecule has 0 radical (unpaired) electrons. The minimum atomic E-state index is -0.0223. The van der Waals surface area contributed by atoms with Gasteiger partial charge in [0.15, 0.2) is 5.78 Å². The number of hydrogen-bond acceptors (Lipinski definition) is 3. The van der Waals surface area contributed by atoms with Crippen molar-refractivity contribution in [2.45, 2.75) is 39.2 Å². The maximum Gasteiger partial charge on any atom is 0.178 e. The third-order valence-electron chi connectivity index (χ3n) is 2.46. The standard InChI is InChI=1S/C11H19N3O/c1-7(12)4-3-5-9-6-14-11(8(2)15)10(9)13/h6-7,14H,3-5,12-13H2,1-2H3/t7-/m1/s1. The second kappa shape index (κ2) is 4.98. The third-order valence-corrected chi connectivity index (χ3v) is 2.46. The van der Waals surface area contributed by atoms with E-state index in [4.69, 9.17) is 11.5 Å². The summed E-state index contributed by atoms with van der Waals surface area (Å²) in [4.78, 5) is 14.0. The molecule has 1 aromatic rings. The molecule has 5 N–H and O–H groups in total. The van der Waals surface area contributed by atoms with Gasteiger partial charge in [-0.05, 0) is 31.7 Å². The van der Waals surface area contributed by atoms with Crippen molar-refractivity contribution in [3.05, 3.63) is 17.5 Å². The SMILES string of the molecule is CC(=O)c1[nH]cc(CCC[C@@H](C)N)c1N. The summed E-state index contributed by atoms with van der Waals surface area (Å²) in [6, 6.07) is 0.220. The summed E-state index contributed by atoms with van der Waals surface area (Å²) in [6.07, 6.45) is 4.65. The van der Waals surface area contributed by atoms with Gasteiger partial charge in [0.2, 0.25) is 0 Å². The molecule has 0 aliphatic carbocycles. The van der Waals surface area contributed by atoms with Gasteiger partial charge in [0.05, 0.1) is 5.69 Å². The van der Waals surface area contributed by atoms with Gasteiger partial charge in [0.1, 0.15) is 5.69 Å². The number of hydrogen-bond donors (Lipinski definition) is 3. The predicted molar refractivity (Wildman–Crippen MR) is 61.8 cm³/mol. The number of nitrogens with two attached hydrogens (primary N) is 2. The van der Waals surface area contributed by atoms with E-state index >= 15 is 0 Å². The maximum atomic E-state index is 11.1. The Morgan fingerprint density at radius 3 is 2.73 bits per heavy atom. The Balaban J connectivity index is 2.59. The molecule has 0 aliphatic heterocycles. The van der Waals surface area contributed by atoms with E-state index in [1.165, 1.54) is 6.92 Å². The van der Waals surface area contributed by atoms with Crippen molar-refractivity contribution in [1.29, 1.82) is 0 Å². The van der Waals surface area contributed by atoms with Crippen LogP contribution < -0.4 is 11.5 Å². The molecule has 0 aliphatic rings. The first kappa shape index (κ1) is 11.8. The molecule has 0 bridgehead atoms. The average Bonchev–Trinajstić information content (AvgIpc) is 2.47. The number of Topliss-reactive ketones (excluding diaryl/α,β-unsaturated/α-hetero) is 1. The van der Waals surface area contributed by atoms with Gasteiger partial charge in [-0.3, -0.25) is 4.79 Å². The van der Waals surface area contributed by atoms with E-state index in [1.54, 1.807) is 0 Å². The topological polar surface area (TPSA) is 84.9 Å². The highest BCUT2D eigenvalue weighted by molar-refractivity contribution is 5.97. The van der Waals surface area contributed by atoms with Gasteiger partial charge >= 0.3 is 0 Å². The molecule has 1 heterocycles. The van der Waals surface area contributed by atoms with Gasteiger partial charge in [0, 0.05) is 19.2 Å². The van der Waals surface area contributed by atoms with Crippen LogP contribution in [-0.4, -0.2) is 16.8 Å². The maximum absolute atomic E-state index is 11.1. The molecule has 1 aromatic heterocycles. The normalized spacial score (nSPS) is 12.7. The Morgan fingerprint density at radius 2 is 2.27 bits per heavy atom. The summed E-state index contributed by atoms with van der Waals surface area (Å²) >= 11 is 0. The number of H-pyrrole nitrogens is 1. The highest BCUT2D eigenvalue weighted by atomic mass is 16.1. The molecule has 0 amide bonds. The van der Waals surface area contributed by atoms with Crippen LogP contribution in [0.2, 0.25) is 0 Å². The van der Waals surface area contributed by atoms with Gasteiger partial charge < -0.3 is 16.5 Å². The predicted octanol–water partition coefficient (Wildman–Crippen LogP) is 1.47. The zero-order chi connectivity index (χ0) is 11.4. The monoisotopic (exact) mass is 209 g/mol. The first-order valence-corrected chi connectivity index (χ1v) is 5.24. The van der Waals surface area contributed by atoms with Crippen molar-refractivity contribution in [2.24, 2.45) is 5.73 Å². The number of anilines is 1. The molecule has 0 spiro atoms. The Kier molecular flexibility index (Phi) is 3.91. The van der Waals surface area contributed by atoms with E-state index in [1.807, 2.05) is 13.1 Å². The quantitative estimate of drug-likeness (QED) is 0.642. The molecule has 0 unspecified atom stereocenters. The largest absolute Gasteiger partial charge is 0.397 e. The lowest BCUT2D eigenvalue weighted by Gasteiger charge is -2.04. The number of aryl methyl sites for hydroxylation is 1. The Morgan fingerprint density at radius 1 is 1.60 bits per heavy atom. The molecular weight excluding hydrogens is 190 g/mol. The fourth-order valence-corrected chi connectivity index (χ4v) is 1.59. The van der Waals surface area contributed by atoms with Crippen LogP contribution in [-0.2, 0) is 6.42 Å². The van der Waals surface area contributed by atoms with Gasteiger partial charge in [-0.2, -0.15) is 0 Å². The number of aromatic nitrogens is 1. The molecule has 84 valence electrons. The number of carbonyl (C=O) groups excluding carboxylic acids is 1. The summed E-state index contributed by atoms with van der Waals surface area (Å²) in [5.41, 5.74) is 13.6. The number of ketones is 1. The fourth-order valence-electron chi connectivity index (χ4n) is 1.59. The van der Waals surface area contributed by atoms with Gasteiger partial charge in [-0.1, -0.05) is 0 Å². The lowest BCUT2D eigenvalue weighted by Crippen LogP contribution is -2.14. The van der Waals surface area contributed by atoms with Crippen LogP contribution in [0.3, 0.4) is 0 Å².